The highest BCUT2D eigenvalue weighted by Crippen LogP contribution is 2.37. The minimum atomic E-state index is -0.387. The topological polar surface area (TPSA) is 26.3 Å². The van der Waals surface area contributed by atoms with Crippen LogP contribution < -0.4 is 4.74 Å². The van der Waals surface area contributed by atoms with E-state index in [2.05, 4.69) is 19.1 Å². The van der Waals surface area contributed by atoms with E-state index in [1.807, 2.05) is 12.1 Å². The van der Waals surface area contributed by atoms with Crippen molar-refractivity contribution in [3.63, 3.8) is 0 Å². The molecule has 3 rings (SSSR count). The number of halogens is 2. The molecule has 26 heavy (non-hydrogen) atoms. The van der Waals surface area contributed by atoms with Gasteiger partial charge >= 0.3 is 5.97 Å². The average Bonchev–Trinajstić information content (AvgIpc) is 2.66. The van der Waals surface area contributed by atoms with Crippen molar-refractivity contribution in [2.75, 3.05) is 0 Å². The maximum absolute atomic E-state index is 12.3. The van der Waals surface area contributed by atoms with Crippen molar-refractivity contribution >= 4 is 29.2 Å². The van der Waals surface area contributed by atoms with Crippen LogP contribution in [0, 0.1) is 5.92 Å². The summed E-state index contributed by atoms with van der Waals surface area (Å²) in [5.41, 5.74) is 1.87. The van der Waals surface area contributed by atoms with Gasteiger partial charge in [0.25, 0.3) is 0 Å². The van der Waals surface area contributed by atoms with E-state index in [0.29, 0.717) is 27.3 Å². The molecule has 1 aliphatic carbocycles. The van der Waals surface area contributed by atoms with Crippen molar-refractivity contribution in [2.24, 2.45) is 5.92 Å². The number of carbonyl (C=O) groups is 1. The van der Waals surface area contributed by atoms with Crippen LogP contribution in [0.1, 0.15) is 67.3 Å². The van der Waals surface area contributed by atoms with Crippen molar-refractivity contribution in [3.8, 4) is 5.75 Å². The second kappa shape index (κ2) is 8.92. The monoisotopic (exact) mass is 390 g/mol. The Morgan fingerprint density at radius 3 is 2.31 bits per heavy atom. The van der Waals surface area contributed by atoms with Gasteiger partial charge in [0, 0.05) is 6.07 Å². The number of esters is 1. The number of rotatable bonds is 5. The van der Waals surface area contributed by atoms with E-state index in [1.165, 1.54) is 44.1 Å². The van der Waals surface area contributed by atoms with Crippen molar-refractivity contribution in [3.05, 3.63) is 63.6 Å². The Bertz CT molecular complexity index is 747. The molecule has 138 valence electrons. The first-order valence-electron chi connectivity index (χ1n) is 9.34. The van der Waals surface area contributed by atoms with Gasteiger partial charge in [0.1, 0.15) is 5.75 Å². The Kier molecular flexibility index (Phi) is 6.61. The zero-order valence-corrected chi connectivity index (χ0v) is 16.5. The summed E-state index contributed by atoms with van der Waals surface area (Å²) in [5, 5.41) is 0.801. The molecule has 2 nitrogen and oxygen atoms in total. The normalized spacial score (nSPS) is 20.0. The molecule has 0 spiro atoms. The quantitative estimate of drug-likeness (QED) is 0.395. The van der Waals surface area contributed by atoms with Crippen LogP contribution in [0.2, 0.25) is 10.0 Å². The van der Waals surface area contributed by atoms with E-state index in [4.69, 9.17) is 27.9 Å². The van der Waals surface area contributed by atoms with Crippen molar-refractivity contribution in [2.45, 2.75) is 51.4 Å². The summed E-state index contributed by atoms with van der Waals surface area (Å²) in [6, 6.07) is 12.6. The van der Waals surface area contributed by atoms with Crippen molar-refractivity contribution < 1.29 is 9.53 Å². The fourth-order valence-electron chi connectivity index (χ4n) is 3.79. The van der Waals surface area contributed by atoms with E-state index >= 15 is 0 Å². The third-order valence-electron chi connectivity index (χ3n) is 5.26. The number of benzene rings is 2. The minimum Gasteiger partial charge on any atom is -0.423 e. The van der Waals surface area contributed by atoms with Gasteiger partial charge < -0.3 is 4.74 Å². The number of ether oxygens (including phenoxy) is 1. The van der Waals surface area contributed by atoms with Crippen molar-refractivity contribution in [1.29, 1.82) is 0 Å². The van der Waals surface area contributed by atoms with E-state index in [0.717, 1.165) is 5.92 Å². The van der Waals surface area contributed by atoms with E-state index < -0.39 is 0 Å². The second-order valence-electron chi connectivity index (χ2n) is 7.09. The van der Waals surface area contributed by atoms with Gasteiger partial charge in [-0.3, -0.25) is 0 Å². The molecule has 1 fully saturated rings. The summed E-state index contributed by atoms with van der Waals surface area (Å²) in [6.07, 6.45) is 7.77. The molecule has 0 unspecified atom stereocenters. The molecule has 1 saturated carbocycles. The molecule has 0 heterocycles. The van der Waals surface area contributed by atoms with Gasteiger partial charge in [0.05, 0.1) is 15.6 Å². The molecular formula is C22H24Cl2O2. The Morgan fingerprint density at radius 1 is 1.00 bits per heavy atom. The summed E-state index contributed by atoms with van der Waals surface area (Å²) in [7, 11) is 0. The Balaban J connectivity index is 1.60. The fourth-order valence-corrected chi connectivity index (χ4v) is 4.08. The van der Waals surface area contributed by atoms with Gasteiger partial charge in [-0.2, -0.15) is 0 Å². The molecule has 4 heteroatoms. The minimum absolute atomic E-state index is 0.367. The third-order valence-corrected chi connectivity index (χ3v) is 6.00. The van der Waals surface area contributed by atoms with Crippen molar-refractivity contribution in [1.82, 2.24) is 0 Å². The summed E-state index contributed by atoms with van der Waals surface area (Å²) in [4.78, 5) is 12.3. The van der Waals surface area contributed by atoms with Crippen LogP contribution >= 0.6 is 23.2 Å². The van der Waals surface area contributed by atoms with E-state index in [9.17, 15) is 4.79 Å². The summed E-state index contributed by atoms with van der Waals surface area (Å²) in [6.45, 7) is 2.27. The number of hydrogen-bond acceptors (Lipinski definition) is 2. The van der Waals surface area contributed by atoms with Gasteiger partial charge in [-0.1, -0.05) is 55.1 Å². The Hall–Kier alpha value is -1.51. The molecule has 0 atom stereocenters. The van der Waals surface area contributed by atoms with Crippen LogP contribution in [0.4, 0.5) is 0 Å². The molecular weight excluding hydrogens is 367 g/mol. The highest BCUT2D eigenvalue weighted by atomic mass is 35.5. The highest BCUT2D eigenvalue weighted by Gasteiger charge is 2.22. The van der Waals surface area contributed by atoms with Gasteiger partial charge in [-0.15, -0.1) is 0 Å². The lowest BCUT2D eigenvalue weighted by Gasteiger charge is -2.28. The van der Waals surface area contributed by atoms with E-state index in [-0.39, 0.29) is 5.97 Å². The smallest absolute Gasteiger partial charge is 0.343 e. The summed E-state index contributed by atoms with van der Waals surface area (Å²) < 4.78 is 5.38. The van der Waals surface area contributed by atoms with Gasteiger partial charge in [-0.25, -0.2) is 4.79 Å². The molecule has 0 saturated heterocycles. The maximum atomic E-state index is 12.3. The first-order chi connectivity index (χ1) is 12.6. The lowest BCUT2D eigenvalue weighted by atomic mass is 9.77. The molecule has 0 aromatic heterocycles. The maximum Gasteiger partial charge on any atom is 0.343 e. The lowest BCUT2D eigenvalue weighted by molar-refractivity contribution is 0.0735. The average molecular weight is 391 g/mol. The van der Waals surface area contributed by atoms with E-state index in [1.54, 1.807) is 18.2 Å². The second-order valence-corrected chi connectivity index (χ2v) is 7.91. The van der Waals surface area contributed by atoms with Crippen LogP contribution in [0.3, 0.4) is 0 Å². The molecule has 0 radical (unpaired) electrons. The molecule has 0 amide bonds. The SMILES string of the molecule is CCCC1CCC(c2ccc(C(=O)Oc3ccc(Cl)c(Cl)c3)cc2)CC1. The van der Waals surface area contributed by atoms with Crippen LogP contribution in [-0.2, 0) is 0 Å². The molecule has 0 aliphatic heterocycles. The van der Waals surface area contributed by atoms with Gasteiger partial charge in [0.2, 0.25) is 0 Å². The van der Waals surface area contributed by atoms with Gasteiger partial charge in [-0.05, 0) is 67.3 Å². The highest BCUT2D eigenvalue weighted by molar-refractivity contribution is 6.42. The molecule has 2 aromatic carbocycles. The lowest BCUT2D eigenvalue weighted by Crippen LogP contribution is -2.13. The van der Waals surface area contributed by atoms with Crippen LogP contribution in [0.15, 0.2) is 42.5 Å². The number of hydrogen-bond donors (Lipinski definition) is 0. The van der Waals surface area contributed by atoms with Crippen LogP contribution in [0.5, 0.6) is 5.75 Å². The van der Waals surface area contributed by atoms with Gasteiger partial charge in [0.15, 0.2) is 0 Å². The predicted molar refractivity (Wildman–Crippen MR) is 107 cm³/mol. The first-order valence-corrected chi connectivity index (χ1v) is 10.1. The molecule has 1 aliphatic rings. The third kappa shape index (κ3) is 4.81. The molecule has 2 aromatic rings. The molecule has 0 bridgehead atoms. The largest absolute Gasteiger partial charge is 0.423 e. The zero-order chi connectivity index (χ0) is 18.5. The van der Waals surface area contributed by atoms with Crippen LogP contribution in [-0.4, -0.2) is 5.97 Å². The Morgan fingerprint density at radius 2 is 1.69 bits per heavy atom. The summed E-state index contributed by atoms with van der Waals surface area (Å²) >= 11 is 11.8. The van der Waals surface area contributed by atoms with Crippen LogP contribution in [0.25, 0.3) is 0 Å². The summed E-state index contributed by atoms with van der Waals surface area (Å²) in [5.74, 6) is 1.52. The molecule has 0 N–H and O–H groups in total. The first kappa shape index (κ1) is 19.3. The Labute approximate surface area is 165 Å². The zero-order valence-electron chi connectivity index (χ0n) is 15.0. The fraction of sp³-hybridized carbons (Fsp3) is 0.409. The number of carbonyl (C=O) groups excluding carboxylic acids is 1. The standard InChI is InChI=1S/C22H24Cl2O2/c1-2-3-15-4-6-16(7-5-15)17-8-10-18(11-9-17)22(25)26-19-12-13-20(23)21(24)14-19/h8-16H,2-7H2,1H3. The predicted octanol–water partition coefficient (Wildman–Crippen LogP) is 7.29.